The van der Waals surface area contributed by atoms with Crippen molar-refractivity contribution >= 4 is 0 Å². The van der Waals surface area contributed by atoms with E-state index in [2.05, 4.69) is 0 Å². The molecule has 0 spiro atoms. The number of rotatable bonds is 4. The Kier molecular flexibility index (Phi) is 5.01. The second kappa shape index (κ2) is 5.06. The maximum Gasteiger partial charge on any atom is 0.0590 e. The third kappa shape index (κ3) is 2.99. The lowest BCUT2D eigenvalue weighted by molar-refractivity contribution is 0.0749. The summed E-state index contributed by atoms with van der Waals surface area (Å²) >= 11 is 0. The molecule has 8 heavy (non-hydrogen) atoms. The minimum absolute atomic E-state index is 0.229. The smallest absolute Gasteiger partial charge is 0.0590 e. The van der Waals surface area contributed by atoms with Crippen LogP contribution in [0.15, 0.2) is 0 Å². The summed E-state index contributed by atoms with van der Waals surface area (Å²) in [5.74, 6) is 0. The molecule has 0 heterocycles. The van der Waals surface area contributed by atoms with E-state index in [1.165, 1.54) is 0 Å². The highest BCUT2D eigenvalue weighted by Gasteiger charge is 2.00. The third-order valence-corrected chi connectivity index (χ3v) is 1.24. The Morgan fingerprint density at radius 2 is 2.25 bits per heavy atom. The van der Waals surface area contributed by atoms with Crippen LogP contribution in [0.25, 0.3) is 0 Å². The van der Waals surface area contributed by atoms with Gasteiger partial charge in [-0.3, -0.25) is 0 Å². The van der Waals surface area contributed by atoms with Crippen LogP contribution in [0.2, 0.25) is 0 Å². The minimum Gasteiger partial charge on any atom is -0.396 e. The molecule has 1 atom stereocenters. The van der Waals surface area contributed by atoms with Crippen molar-refractivity contribution in [3.8, 4) is 0 Å². The van der Waals surface area contributed by atoms with Gasteiger partial charge in [0.1, 0.15) is 0 Å². The summed E-state index contributed by atoms with van der Waals surface area (Å²) in [7, 11) is 1.67. The van der Waals surface area contributed by atoms with E-state index >= 15 is 0 Å². The first-order valence-electron chi connectivity index (χ1n) is 2.98. The molecule has 0 radical (unpaired) electrons. The van der Waals surface area contributed by atoms with Crippen LogP contribution in [0.4, 0.5) is 0 Å². The van der Waals surface area contributed by atoms with Crippen LogP contribution in [0.5, 0.6) is 0 Å². The standard InChI is InChI=1S/C6H14O2/c1-3-6(8-2)4-5-7/h6-7H,3-5H2,1-2H3/t6-/m1/s1. The number of ether oxygens (including phenoxy) is 1. The average Bonchev–Trinajstić information content (AvgIpc) is 1.83. The molecule has 0 saturated carbocycles. The molecule has 2 heteroatoms. The van der Waals surface area contributed by atoms with Gasteiger partial charge >= 0.3 is 0 Å². The van der Waals surface area contributed by atoms with E-state index in [0.29, 0.717) is 0 Å². The molecule has 0 amide bonds. The van der Waals surface area contributed by atoms with Crippen LogP contribution in [0.3, 0.4) is 0 Å². The van der Waals surface area contributed by atoms with Crippen molar-refractivity contribution < 1.29 is 9.84 Å². The van der Waals surface area contributed by atoms with Crippen LogP contribution < -0.4 is 0 Å². The number of methoxy groups -OCH3 is 1. The highest BCUT2D eigenvalue weighted by atomic mass is 16.5. The van der Waals surface area contributed by atoms with Crippen LogP contribution in [0, 0.1) is 0 Å². The van der Waals surface area contributed by atoms with Gasteiger partial charge in [0, 0.05) is 13.7 Å². The molecule has 1 N–H and O–H groups in total. The molecule has 0 aliphatic rings. The van der Waals surface area contributed by atoms with Crippen molar-refractivity contribution in [2.45, 2.75) is 25.9 Å². The summed E-state index contributed by atoms with van der Waals surface area (Å²) in [5, 5.41) is 8.42. The van der Waals surface area contributed by atoms with Gasteiger partial charge in [-0.05, 0) is 12.8 Å². The molecule has 0 aromatic carbocycles. The molecule has 0 aliphatic heterocycles. The van der Waals surface area contributed by atoms with Crippen molar-refractivity contribution in [2.75, 3.05) is 13.7 Å². The largest absolute Gasteiger partial charge is 0.396 e. The van der Waals surface area contributed by atoms with Crippen LogP contribution in [-0.4, -0.2) is 24.9 Å². The van der Waals surface area contributed by atoms with E-state index < -0.39 is 0 Å². The highest BCUT2D eigenvalue weighted by molar-refractivity contribution is 4.51. The third-order valence-electron chi connectivity index (χ3n) is 1.24. The second-order valence-electron chi connectivity index (χ2n) is 1.78. The summed E-state index contributed by atoms with van der Waals surface area (Å²) in [5.41, 5.74) is 0. The first-order chi connectivity index (χ1) is 3.85. The first-order valence-corrected chi connectivity index (χ1v) is 2.98. The van der Waals surface area contributed by atoms with Crippen molar-refractivity contribution in [3.63, 3.8) is 0 Å². The van der Waals surface area contributed by atoms with Crippen LogP contribution in [0.1, 0.15) is 19.8 Å². The molecule has 0 fully saturated rings. The summed E-state index contributed by atoms with van der Waals surface area (Å²) in [6.45, 7) is 2.27. The van der Waals surface area contributed by atoms with Gasteiger partial charge in [0.2, 0.25) is 0 Å². The molecule has 50 valence electrons. The van der Waals surface area contributed by atoms with Gasteiger partial charge in [0.15, 0.2) is 0 Å². The van der Waals surface area contributed by atoms with Gasteiger partial charge in [-0.25, -0.2) is 0 Å². The fourth-order valence-corrected chi connectivity index (χ4v) is 0.633. The summed E-state index contributed by atoms with van der Waals surface area (Å²) in [4.78, 5) is 0. The lowest BCUT2D eigenvalue weighted by Crippen LogP contribution is -2.10. The fraction of sp³-hybridized carbons (Fsp3) is 1.00. The Hall–Kier alpha value is -0.0800. The van der Waals surface area contributed by atoms with E-state index in [1.54, 1.807) is 7.11 Å². The molecular formula is C6H14O2. The first kappa shape index (κ1) is 7.92. The molecule has 0 aliphatic carbocycles. The normalized spacial score (nSPS) is 13.9. The van der Waals surface area contributed by atoms with E-state index in [-0.39, 0.29) is 12.7 Å². The lowest BCUT2D eigenvalue weighted by atomic mass is 10.2. The molecule has 0 bridgehead atoms. The Bertz CT molecular complexity index is 41.8. The summed E-state index contributed by atoms with van der Waals surface area (Å²) in [6, 6.07) is 0. The van der Waals surface area contributed by atoms with Crippen molar-refractivity contribution in [1.82, 2.24) is 0 Å². The van der Waals surface area contributed by atoms with Gasteiger partial charge < -0.3 is 9.84 Å². The highest BCUT2D eigenvalue weighted by Crippen LogP contribution is 1.99. The van der Waals surface area contributed by atoms with Gasteiger partial charge in [-0.2, -0.15) is 0 Å². The molecule has 2 nitrogen and oxygen atoms in total. The molecular weight excluding hydrogens is 104 g/mol. The second-order valence-corrected chi connectivity index (χ2v) is 1.78. The quantitative estimate of drug-likeness (QED) is 0.591. The van der Waals surface area contributed by atoms with Crippen molar-refractivity contribution in [2.24, 2.45) is 0 Å². The Labute approximate surface area is 50.5 Å². The molecule has 0 aromatic heterocycles. The van der Waals surface area contributed by atoms with Gasteiger partial charge in [0.05, 0.1) is 6.10 Å². The van der Waals surface area contributed by atoms with Crippen molar-refractivity contribution in [1.29, 1.82) is 0 Å². The van der Waals surface area contributed by atoms with E-state index in [4.69, 9.17) is 9.84 Å². The molecule has 0 unspecified atom stereocenters. The Morgan fingerprint density at radius 3 is 2.38 bits per heavy atom. The molecule has 0 aromatic rings. The van der Waals surface area contributed by atoms with E-state index in [9.17, 15) is 0 Å². The number of hydrogen-bond donors (Lipinski definition) is 1. The summed E-state index contributed by atoms with van der Waals surface area (Å²) in [6.07, 6.45) is 1.99. The zero-order valence-corrected chi connectivity index (χ0v) is 5.55. The SMILES string of the molecule is CC[C@H](CCO)OC. The zero-order chi connectivity index (χ0) is 6.41. The fourth-order valence-electron chi connectivity index (χ4n) is 0.633. The van der Waals surface area contributed by atoms with Gasteiger partial charge in [-0.15, -0.1) is 0 Å². The predicted molar refractivity (Wildman–Crippen MR) is 32.8 cm³/mol. The number of aliphatic hydroxyl groups excluding tert-OH is 1. The molecule has 0 rings (SSSR count). The average molecular weight is 118 g/mol. The van der Waals surface area contributed by atoms with Gasteiger partial charge in [-0.1, -0.05) is 6.92 Å². The Morgan fingerprint density at radius 1 is 1.62 bits per heavy atom. The molecule has 0 saturated heterocycles. The lowest BCUT2D eigenvalue weighted by Gasteiger charge is -2.09. The monoisotopic (exact) mass is 118 g/mol. The number of aliphatic hydroxyl groups is 1. The van der Waals surface area contributed by atoms with E-state index in [1.807, 2.05) is 6.92 Å². The topological polar surface area (TPSA) is 29.5 Å². The van der Waals surface area contributed by atoms with Gasteiger partial charge in [0.25, 0.3) is 0 Å². The maximum atomic E-state index is 8.42. The predicted octanol–water partition coefficient (Wildman–Crippen LogP) is 0.794. The minimum atomic E-state index is 0.229. The Balaban J connectivity index is 3.07. The van der Waals surface area contributed by atoms with Crippen LogP contribution in [-0.2, 0) is 4.74 Å². The number of hydrogen-bond acceptors (Lipinski definition) is 2. The van der Waals surface area contributed by atoms with Crippen molar-refractivity contribution in [3.05, 3.63) is 0 Å². The van der Waals surface area contributed by atoms with Crippen LogP contribution >= 0.6 is 0 Å². The zero-order valence-electron chi connectivity index (χ0n) is 5.55. The maximum absolute atomic E-state index is 8.42. The summed E-state index contributed by atoms with van der Waals surface area (Å²) < 4.78 is 4.98. The van der Waals surface area contributed by atoms with E-state index in [0.717, 1.165) is 12.8 Å².